The Labute approximate surface area is 188 Å². The van der Waals surface area contributed by atoms with Gasteiger partial charge < -0.3 is 10.1 Å². The molecule has 3 aromatic carbocycles. The zero-order valence-electron chi connectivity index (χ0n) is 17.0. The Morgan fingerprint density at radius 2 is 1.63 bits per heavy atom. The molecule has 3 aromatic rings. The predicted molar refractivity (Wildman–Crippen MR) is 125 cm³/mol. The summed E-state index contributed by atoms with van der Waals surface area (Å²) in [4.78, 5) is 12.5. The van der Waals surface area contributed by atoms with E-state index in [-0.39, 0.29) is 5.91 Å². The highest BCUT2D eigenvalue weighted by Crippen LogP contribution is 2.32. The summed E-state index contributed by atoms with van der Waals surface area (Å²) >= 11 is 12.0. The van der Waals surface area contributed by atoms with E-state index in [4.69, 9.17) is 27.9 Å². The molecular weight excluding hydrogens is 417 g/mol. The van der Waals surface area contributed by atoms with Gasteiger partial charge in [0.1, 0.15) is 11.5 Å². The summed E-state index contributed by atoms with van der Waals surface area (Å²) < 4.78 is 5.77. The minimum atomic E-state index is -0.137. The third-order valence-corrected chi connectivity index (χ3v) is 5.30. The molecule has 0 aliphatic heterocycles. The predicted octanol–water partition coefficient (Wildman–Crippen LogP) is 8.16. The quantitative estimate of drug-likeness (QED) is 0.340. The molecule has 1 amide bonds. The van der Waals surface area contributed by atoms with Crippen LogP contribution in [0, 0.1) is 0 Å². The average molecular weight is 442 g/mol. The Kier molecular flexibility index (Phi) is 8.18. The van der Waals surface area contributed by atoms with E-state index in [1.54, 1.807) is 42.5 Å². The monoisotopic (exact) mass is 441 g/mol. The first kappa shape index (κ1) is 22.2. The van der Waals surface area contributed by atoms with Crippen LogP contribution in [0.1, 0.15) is 48.5 Å². The summed E-state index contributed by atoms with van der Waals surface area (Å²) in [6, 6.07) is 20.0. The molecule has 0 aliphatic carbocycles. The van der Waals surface area contributed by atoms with Crippen molar-refractivity contribution < 1.29 is 9.53 Å². The molecular formula is C25H25Cl2NO2. The normalized spacial score (nSPS) is 10.6. The molecule has 156 valence electrons. The summed E-state index contributed by atoms with van der Waals surface area (Å²) in [5.41, 5.74) is 2.60. The van der Waals surface area contributed by atoms with Crippen molar-refractivity contribution in [2.45, 2.75) is 39.0 Å². The standard InChI is InChI=1S/C25H25Cl2NO2/c1-2-3-4-5-6-18-7-9-19(10-8-18)25(29)28-21-12-14-22(15-13-21)30-24-16-11-20(26)17-23(24)27/h7-17H,2-6H2,1H3,(H,28,29). The summed E-state index contributed by atoms with van der Waals surface area (Å²) in [5.74, 6) is 0.999. The molecule has 0 radical (unpaired) electrons. The van der Waals surface area contributed by atoms with Gasteiger partial charge in [-0.2, -0.15) is 0 Å². The molecule has 3 rings (SSSR count). The SMILES string of the molecule is CCCCCCc1ccc(C(=O)Nc2ccc(Oc3ccc(Cl)cc3Cl)cc2)cc1. The van der Waals surface area contributed by atoms with E-state index in [0.717, 1.165) is 6.42 Å². The second-order valence-corrected chi connectivity index (χ2v) is 8.01. The smallest absolute Gasteiger partial charge is 0.255 e. The van der Waals surface area contributed by atoms with Gasteiger partial charge >= 0.3 is 0 Å². The first-order valence-corrected chi connectivity index (χ1v) is 10.9. The number of benzene rings is 3. The zero-order valence-corrected chi connectivity index (χ0v) is 18.5. The van der Waals surface area contributed by atoms with Crippen molar-refractivity contribution in [3.63, 3.8) is 0 Å². The summed E-state index contributed by atoms with van der Waals surface area (Å²) in [6.07, 6.45) is 6.01. The van der Waals surface area contributed by atoms with Crippen LogP contribution in [0.15, 0.2) is 66.7 Å². The number of anilines is 1. The van der Waals surface area contributed by atoms with E-state index in [1.807, 2.05) is 24.3 Å². The number of carbonyl (C=O) groups excluding carboxylic acids is 1. The minimum Gasteiger partial charge on any atom is -0.456 e. The number of ether oxygens (including phenoxy) is 1. The van der Waals surface area contributed by atoms with E-state index >= 15 is 0 Å². The fraction of sp³-hybridized carbons (Fsp3) is 0.240. The molecule has 1 N–H and O–H groups in total. The van der Waals surface area contributed by atoms with Gasteiger partial charge in [0.05, 0.1) is 5.02 Å². The van der Waals surface area contributed by atoms with Crippen molar-refractivity contribution in [2.75, 3.05) is 5.32 Å². The fourth-order valence-corrected chi connectivity index (χ4v) is 3.52. The van der Waals surface area contributed by atoms with E-state index in [0.29, 0.717) is 32.8 Å². The van der Waals surface area contributed by atoms with E-state index in [1.165, 1.54) is 31.2 Å². The number of rotatable bonds is 9. The van der Waals surface area contributed by atoms with E-state index in [9.17, 15) is 4.79 Å². The Balaban J connectivity index is 1.55. The molecule has 0 heterocycles. The Morgan fingerprint density at radius 1 is 0.900 bits per heavy atom. The molecule has 0 saturated heterocycles. The van der Waals surface area contributed by atoms with Crippen LogP contribution in [-0.2, 0) is 6.42 Å². The topological polar surface area (TPSA) is 38.3 Å². The lowest BCUT2D eigenvalue weighted by molar-refractivity contribution is 0.102. The molecule has 0 atom stereocenters. The van der Waals surface area contributed by atoms with Crippen LogP contribution in [-0.4, -0.2) is 5.91 Å². The Hall–Kier alpha value is -2.49. The number of carbonyl (C=O) groups is 1. The Bertz CT molecular complexity index is 969. The maximum absolute atomic E-state index is 12.5. The van der Waals surface area contributed by atoms with Crippen molar-refractivity contribution in [3.05, 3.63) is 87.9 Å². The van der Waals surface area contributed by atoms with Gasteiger partial charge in [-0.15, -0.1) is 0 Å². The van der Waals surface area contributed by atoms with Crippen LogP contribution in [0.5, 0.6) is 11.5 Å². The molecule has 0 aliphatic rings. The van der Waals surface area contributed by atoms with Crippen LogP contribution >= 0.6 is 23.2 Å². The maximum Gasteiger partial charge on any atom is 0.255 e. The van der Waals surface area contributed by atoms with E-state index in [2.05, 4.69) is 12.2 Å². The van der Waals surface area contributed by atoms with Crippen LogP contribution in [0.4, 0.5) is 5.69 Å². The van der Waals surface area contributed by atoms with Gasteiger partial charge in [0.2, 0.25) is 0 Å². The van der Waals surface area contributed by atoms with Gasteiger partial charge in [-0.3, -0.25) is 4.79 Å². The number of nitrogens with one attached hydrogen (secondary N) is 1. The molecule has 0 aromatic heterocycles. The highest BCUT2D eigenvalue weighted by molar-refractivity contribution is 6.35. The van der Waals surface area contributed by atoms with Crippen molar-refractivity contribution in [1.82, 2.24) is 0 Å². The third kappa shape index (κ3) is 6.51. The molecule has 5 heteroatoms. The van der Waals surface area contributed by atoms with Crippen molar-refractivity contribution in [3.8, 4) is 11.5 Å². The highest BCUT2D eigenvalue weighted by Gasteiger charge is 2.08. The molecule has 30 heavy (non-hydrogen) atoms. The van der Waals surface area contributed by atoms with E-state index < -0.39 is 0 Å². The van der Waals surface area contributed by atoms with Gasteiger partial charge in [-0.25, -0.2) is 0 Å². The minimum absolute atomic E-state index is 0.137. The lowest BCUT2D eigenvalue weighted by Crippen LogP contribution is -2.11. The number of unbranched alkanes of at least 4 members (excludes halogenated alkanes) is 3. The molecule has 0 bridgehead atoms. The van der Waals surface area contributed by atoms with Crippen molar-refractivity contribution in [1.29, 1.82) is 0 Å². The molecule has 0 saturated carbocycles. The highest BCUT2D eigenvalue weighted by atomic mass is 35.5. The second kappa shape index (κ2) is 11.1. The number of hydrogen-bond acceptors (Lipinski definition) is 2. The lowest BCUT2D eigenvalue weighted by atomic mass is 10.0. The van der Waals surface area contributed by atoms with Crippen LogP contribution in [0.3, 0.4) is 0 Å². The molecule has 0 spiro atoms. The van der Waals surface area contributed by atoms with Gasteiger partial charge in [0.15, 0.2) is 0 Å². The largest absolute Gasteiger partial charge is 0.456 e. The number of halogens is 2. The first-order valence-electron chi connectivity index (χ1n) is 10.2. The second-order valence-electron chi connectivity index (χ2n) is 7.16. The van der Waals surface area contributed by atoms with Gasteiger partial charge in [0.25, 0.3) is 5.91 Å². The Morgan fingerprint density at radius 3 is 2.30 bits per heavy atom. The number of aryl methyl sites for hydroxylation is 1. The fourth-order valence-electron chi connectivity index (χ4n) is 3.07. The summed E-state index contributed by atoms with van der Waals surface area (Å²) in [5, 5.41) is 3.90. The zero-order chi connectivity index (χ0) is 21.3. The number of hydrogen-bond donors (Lipinski definition) is 1. The number of amides is 1. The van der Waals surface area contributed by atoms with Crippen LogP contribution in [0.2, 0.25) is 10.0 Å². The molecule has 0 fully saturated rings. The maximum atomic E-state index is 12.5. The molecule has 3 nitrogen and oxygen atoms in total. The van der Waals surface area contributed by atoms with Gasteiger partial charge in [-0.1, -0.05) is 61.5 Å². The van der Waals surface area contributed by atoms with Crippen LogP contribution < -0.4 is 10.1 Å². The first-order chi connectivity index (χ1) is 14.5. The summed E-state index contributed by atoms with van der Waals surface area (Å²) in [6.45, 7) is 2.21. The third-order valence-electron chi connectivity index (χ3n) is 4.77. The average Bonchev–Trinajstić information content (AvgIpc) is 2.75. The molecule has 0 unspecified atom stereocenters. The van der Waals surface area contributed by atoms with Gasteiger partial charge in [0, 0.05) is 16.3 Å². The van der Waals surface area contributed by atoms with Crippen LogP contribution in [0.25, 0.3) is 0 Å². The van der Waals surface area contributed by atoms with Crippen molar-refractivity contribution in [2.24, 2.45) is 0 Å². The lowest BCUT2D eigenvalue weighted by Gasteiger charge is -2.10. The summed E-state index contributed by atoms with van der Waals surface area (Å²) in [7, 11) is 0. The van der Waals surface area contributed by atoms with Gasteiger partial charge in [-0.05, 0) is 73.0 Å². The van der Waals surface area contributed by atoms with Crippen molar-refractivity contribution >= 4 is 34.8 Å².